The van der Waals surface area contributed by atoms with Crippen molar-refractivity contribution in [2.45, 2.75) is 19.2 Å². The van der Waals surface area contributed by atoms with Crippen LogP contribution in [0.15, 0.2) is 42.5 Å². The summed E-state index contributed by atoms with van der Waals surface area (Å²) in [7, 11) is 0. The van der Waals surface area contributed by atoms with Gasteiger partial charge in [0.2, 0.25) is 0 Å². The molecule has 0 saturated carbocycles. The van der Waals surface area contributed by atoms with E-state index in [1.807, 2.05) is 4.90 Å². The number of rotatable bonds is 4. The predicted octanol–water partition coefficient (Wildman–Crippen LogP) is 5.13. The monoisotopic (exact) mass is 446 g/mol. The molecule has 1 aliphatic heterocycles. The minimum Gasteiger partial charge on any atom is -0.479 e. The molecule has 3 rings (SSSR count). The van der Waals surface area contributed by atoms with Crippen LogP contribution in [-0.4, -0.2) is 43.1 Å². The van der Waals surface area contributed by atoms with E-state index in [0.29, 0.717) is 47.7 Å². The van der Waals surface area contributed by atoms with Gasteiger partial charge in [-0.2, -0.15) is 13.2 Å². The Bertz CT molecular complexity index is 884. The van der Waals surface area contributed by atoms with Gasteiger partial charge in [-0.25, -0.2) is 0 Å². The molecule has 2 aromatic rings. The number of anilines is 1. The minimum absolute atomic E-state index is 0.209. The SMILES string of the molecule is CC(Oc1ccc(Cl)cc1Cl)C(=O)N1CCN(c2cccc(C(F)(F)F)c2)CC1. The van der Waals surface area contributed by atoms with Crippen LogP contribution in [0.3, 0.4) is 0 Å². The van der Waals surface area contributed by atoms with Crippen molar-refractivity contribution < 1.29 is 22.7 Å². The molecule has 0 bridgehead atoms. The average molecular weight is 447 g/mol. The summed E-state index contributed by atoms with van der Waals surface area (Å²) < 4.78 is 44.4. The maximum atomic E-state index is 12.9. The second-order valence-electron chi connectivity index (χ2n) is 6.70. The van der Waals surface area contributed by atoms with Crippen LogP contribution < -0.4 is 9.64 Å². The number of benzene rings is 2. The molecule has 1 aliphatic rings. The third kappa shape index (κ3) is 5.28. The van der Waals surface area contributed by atoms with Gasteiger partial charge in [0.15, 0.2) is 6.10 Å². The Balaban J connectivity index is 1.59. The van der Waals surface area contributed by atoms with Gasteiger partial charge in [-0.1, -0.05) is 29.3 Å². The Morgan fingerprint density at radius 2 is 1.76 bits per heavy atom. The summed E-state index contributed by atoms with van der Waals surface area (Å²) in [5, 5.41) is 0.776. The number of ether oxygens (including phenoxy) is 1. The van der Waals surface area contributed by atoms with E-state index < -0.39 is 17.8 Å². The van der Waals surface area contributed by atoms with Crippen molar-refractivity contribution in [1.82, 2.24) is 4.90 Å². The van der Waals surface area contributed by atoms with Gasteiger partial charge in [0, 0.05) is 36.9 Å². The Morgan fingerprint density at radius 1 is 1.07 bits per heavy atom. The van der Waals surface area contributed by atoms with E-state index in [-0.39, 0.29) is 5.91 Å². The Morgan fingerprint density at radius 3 is 2.38 bits per heavy atom. The van der Waals surface area contributed by atoms with Crippen LogP contribution in [0.4, 0.5) is 18.9 Å². The van der Waals surface area contributed by atoms with E-state index in [1.165, 1.54) is 12.1 Å². The molecule has 1 heterocycles. The Kier molecular flexibility index (Phi) is 6.49. The molecule has 1 atom stereocenters. The number of carbonyl (C=O) groups is 1. The quantitative estimate of drug-likeness (QED) is 0.652. The van der Waals surface area contributed by atoms with Crippen molar-refractivity contribution in [1.29, 1.82) is 0 Å². The maximum absolute atomic E-state index is 12.9. The van der Waals surface area contributed by atoms with Crippen LogP contribution in [-0.2, 0) is 11.0 Å². The normalized spacial score (nSPS) is 15.9. The van der Waals surface area contributed by atoms with Gasteiger partial charge in [0.25, 0.3) is 5.91 Å². The fraction of sp³-hybridized carbons (Fsp3) is 0.350. The summed E-state index contributed by atoms with van der Waals surface area (Å²) in [5.41, 5.74) is -0.195. The van der Waals surface area contributed by atoms with Crippen molar-refractivity contribution >= 4 is 34.8 Å². The van der Waals surface area contributed by atoms with Crippen LogP contribution in [0.25, 0.3) is 0 Å². The summed E-state index contributed by atoms with van der Waals surface area (Å²) in [6.07, 6.45) is -5.14. The first-order chi connectivity index (χ1) is 13.6. The molecule has 0 N–H and O–H groups in total. The zero-order valence-electron chi connectivity index (χ0n) is 15.5. The Hall–Kier alpha value is -2.12. The van der Waals surface area contributed by atoms with Gasteiger partial charge in [-0.3, -0.25) is 4.79 Å². The number of nitrogens with zero attached hydrogens (tertiary/aromatic N) is 2. The Labute approximate surface area is 176 Å². The summed E-state index contributed by atoms with van der Waals surface area (Å²) >= 11 is 11.9. The van der Waals surface area contributed by atoms with E-state index in [9.17, 15) is 18.0 Å². The fourth-order valence-corrected chi connectivity index (χ4v) is 3.59. The van der Waals surface area contributed by atoms with Crippen LogP contribution in [0.1, 0.15) is 12.5 Å². The summed E-state index contributed by atoms with van der Waals surface area (Å²) in [6, 6.07) is 9.95. The number of amides is 1. The molecule has 1 saturated heterocycles. The first kappa shape index (κ1) is 21.6. The average Bonchev–Trinajstić information content (AvgIpc) is 2.69. The van der Waals surface area contributed by atoms with Gasteiger partial charge in [0.1, 0.15) is 5.75 Å². The second kappa shape index (κ2) is 8.71. The summed E-state index contributed by atoms with van der Waals surface area (Å²) in [6.45, 7) is 3.27. The lowest BCUT2D eigenvalue weighted by atomic mass is 10.1. The van der Waals surface area contributed by atoms with Gasteiger partial charge < -0.3 is 14.5 Å². The standard InChI is InChI=1S/C20H19Cl2F3N2O2/c1-13(29-18-6-5-15(21)12-17(18)22)19(28)27-9-7-26(8-10-27)16-4-2-3-14(11-16)20(23,24)25/h2-6,11-13H,7-10H2,1H3. The van der Waals surface area contributed by atoms with Crippen molar-refractivity contribution in [2.24, 2.45) is 0 Å². The molecule has 1 fully saturated rings. The molecule has 2 aromatic carbocycles. The van der Waals surface area contributed by atoms with Crippen molar-refractivity contribution in [2.75, 3.05) is 31.1 Å². The van der Waals surface area contributed by atoms with E-state index in [4.69, 9.17) is 27.9 Å². The number of hydrogen-bond acceptors (Lipinski definition) is 3. The zero-order chi connectivity index (χ0) is 21.2. The molecule has 0 aromatic heterocycles. The third-order valence-corrected chi connectivity index (χ3v) is 5.21. The first-order valence-electron chi connectivity index (χ1n) is 8.98. The highest BCUT2D eigenvalue weighted by molar-refractivity contribution is 6.35. The first-order valence-corrected chi connectivity index (χ1v) is 9.73. The molecule has 156 valence electrons. The number of piperazine rings is 1. The van der Waals surface area contributed by atoms with Crippen LogP contribution in [0, 0.1) is 0 Å². The topological polar surface area (TPSA) is 32.8 Å². The van der Waals surface area contributed by atoms with Gasteiger partial charge in [-0.05, 0) is 43.3 Å². The van der Waals surface area contributed by atoms with E-state index in [0.717, 1.165) is 12.1 Å². The number of halogens is 5. The zero-order valence-corrected chi connectivity index (χ0v) is 17.1. The number of alkyl halides is 3. The molecular weight excluding hydrogens is 428 g/mol. The molecule has 1 unspecified atom stereocenters. The fourth-order valence-electron chi connectivity index (χ4n) is 3.13. The van der Waals surface area contributed by atoms with Crippen molar-refractivity contribution in [3.05, 3.63) is 58.1 Å². The smallest absolute Gasteiger partial charge is 0.416 e. The highest BCUT2D eigenvalue weighted by atomic mass is 35.5. The molecule has 1 amide bonds. The third-order valence-electron chi connectivity index (χ3n) is 4.68. The molecule has 0 aliphatic carbocycles. The van der Waals surface area contributed by atoms with Gasteiger partial charge in [-0.15, -0.1) is 0 Å². The van der Waals surface area contributed by atoms with Crippen LogP contribution >= 0.6 is 23.2 Å². The lowest BCUT2D eigenvalue weighted by Gasteiger charge is -2.37. The lowest BCUT2D eigenvalue weighted by molar-refractivity contribution is -0.138. The van der Waals surface area contributed by atoms with Crippen LogP contribution in [0.2, 0.25) is 10.0 Å². The van der Waals surface area contributed by atoms with E-state index >= 15 is 0 Å². The highest BCUT2D eigenvalue weighted by Gasteiger charge is 2.31. The van der Waals surface area contributed by atoms with E-state index in [1.54, 1.807) is 30.0 Å². The second-order valence-corrected chi connectivity index (χ2v) is 7.54. The maximum Gasteiger partial charge on any atom is 0.416 e. The highest BCUT2D eigenvalue weighted by Crippen LogP contribution is 2.32. The predicted molar refractivity (Wildman–Crippen MR) is 107 cm³/mol. The largest absolute Gasteiger partial charge is 0.479 e. The van der Waals surface area contributed by atoms with Crippen molar-refractivity contribution in [3.8, 4) is 5.75 Å². The minimum atomic E-state index is -4.39. The molecule has 0 radical (unpaired) electrons. The molecule has 9 heteroatoms. The summed E-state index contributed by atoms with van der Waals surface area (Å²) in [5.74, 6) is 0.152. The molecular formula is C20H19Cl2F3N2O2. The molecule has 0 spiro atoms. The summed E-state index contributed by atoms with van der Waals surface area (Å²) in [4.78, 5) is 16.1. The van der Waals surface area contributed by atoms with Gasteiger partial charge >= 0.3 is 6.18 Å². The molecule has 4 nitrogen and oxygen atoms in total. The van der Waals surface area contributed by atoms with Crippen LogP contribution in [0.5, 0.6) is 5.75 Å². The van der Waals surface area contributed by atoms with Gasteiger partial charge in [0.05, 0.1) is 10.6 Å². The number of hydrogen-bond donors (Lipinski definition) is 0. The van der Waals surface area contributed by atoms with E-state index in [2.05, 4.69) is 0 Å². The van der Waals surface area contributed by atoms with Crippen molar-refractivity contribution in [3.63, 3.8) is 0 Å². The lowest BCUT2D eigenvalue weighted by Crippen LogP contribution is -2.52. The number of carbonyl (C=O) groups excluding carboxylic acids is 1. The molecule has 29 heavy (non-hydrogen) atoms.